The molecule has 2 N–H and O–H groups in total. The van der Waals surface area contributed by atoms with Crippen LogP contribution in [0.4, 0.5) is 5.69 Å². The average Bonchev–Trinajstić information content (AvgIpc) is 2.95. The average molecular weight is 264 g/mol. The monoisotopic (exact) mass is 264 g/mol. The zero-order valence-electron chi connectivity index (χ0n) is 10.7. The second-order valence-corrected chi connectivity index (χ2v) is 4.69. The van der Waals surface area contributed by atoms with Gasteiger partial charge in [0.2, 0.25) is 6.79 Å². The Balaban J connectivity index is 1.92. The Hall–Kier alpha value is -2.75. The van der Waals surface area contributed by atoms with E-state index in [-0.39, 0.29) is 6.79 Å². The van der Waals surface area contributed by atoms with Gasteiger partial charge in [0.1, 0.15) is 0 Å². The molecule has 4 rings (SSSR count). The fourth-order valence-electron chi connectivity index (χ4n) is 2.51. The van der Waals surface area contributed by atoms with E-state index in [9.17, 15) is 0 Å². The highest BCUT2D eigenvalue weighted by Gasteiger charge is 2.15. The first-order valence-corrected chi connectivity index (χ1v) is 6.35. The number of nitrogens with two attached hydrogens (primary N) is 1. The minimum atomic E-state index is 0.275. The van der Waals surface area contributed by atoms with Gasteiger partial charge in [-0.3, -0.25) is 4.98 Å². The molecule has 2 aromatic carbocycles. The largest absolute Gasteiger partial charge is 0.454 e. The molecule has 1 aliphatic rings. The summed E-state index contributed by atoms with van der Waals surface area (Å²) in [5.74, 6) is 1.54. The number of nitrogen functional groups attached to an aromatic ring is 1. The summed E-state index contributed by atoms with van der Waals surface area (Å²) in [6, 6.07) is 11.8. The van der Waals surface area contributed by atoms with E-state index >= 15 is 0 Å². The Labute approximate surface area is 115 Å². The van der Waals surface area contributed by atoms with Crippen molar-refractivity contribution in [2.24, 2.45) is 0 Å². The van der Waals surface area contributed by atoms with Gasteiger partial charge >= 0.3 is 0 Å². The van der Waals surface area contributed by atoms with E-state index in [1.165, 1.54) is 0 Å². The molecule has 1 aromatic heterocycles. The Kier molecular flexibility index (Phi) is 2.29. The summed E-state index contributed by atoms with van der Waals surface area (Å²) < 4.78 is 10.7. The van der Waals surface area contributed by atoms with Crippen molar-refractivity contribution in [2.75, 3.05) is 12.5 Å². The maximum Gasteiger partial charge on any atom is 0.231 e. The SMILES string of the molecule is Nc1c(-c2ccc3c(c2)OCO3)ccc2cnccc12. The lowest BCUT2D eigenvalue weighted by Crippen LogP contribution is -1.93. The lowest BCUT2D eigenvalue weighted by atomic mass is 9.99. The highest BCUT2D eigenvalue weighted by atomic mass is 16.7. The molecule has 0 aliphatic carbocycles. The lowest BCUT2D eigenvalue weighted by Gasteiger charge is -2.09. The van der Waals surface area contributed by atoms with E-state index in [1.54, 1.807) is 6.20 Å². The highest BCUT2D eigenvalue weighted by molar-refractivity contribution is 6.00. The van der Waals surface area contributed by atoms with Crippen molar-refractivity contribution in [3.05, 3.63) is 48.8 Å². The van der Waals surface area contributed by atoms with Crippen LogP contribution in [0.25, 0.3) is 21.9 Å². The van der Waals surface area contributed by atoms with Gasteiger partial charge in [-0.2, -0.15) is 0 Å². The molecule has 0 saturated heterocycles. The first kappa shape index (κ1) is 11.1. The van der Waals surface area contributed by atoms with Crippen LogP contribution < -0.4 is 15.2 Å². The van der Waals surface area contributed by atoms with Crippen molar-refractivity contribution < 1.29 is 9.47 Å². The van der Waals surface area contributed by atoms with Gasteiger partial charge in [-0.25, -0.2) is 0 Å². The predicted molar refractivity (Wildman–Crippen MR) is 77.7 cm³/mol. The van der Waals surface area contributed by atoms with Gasteiger partial charge in [-0.05, 0) is 23.8 Å². The number of nitrogens with zero attached hydrogens (tertiary/aromatic N) is 1. The molecule has 2 heterocycles. The number of rotatable bonds is 1. The van der Waals surface area contributed by atoms with Crippen molar-refractivity contribution in [1.29, 1.82) is 0 Å². The van der Waals surface area contributed by atoms with Crippen LogP contribution in [0.3, 0.4) is 0 Å². The van der Waals surface area contributed by atoms with Crippen molar-refractivity contribution in [3.8, 4) is 22.6 Å². The molecule has 0 saturated carbocycles. The summed E-state index contributed by atoms with van der Waals surface area (Å²) in [7, 11) is 0. The molecular weight excluding hydrogens is 252 g/mol. The molecule has 0 atom stereocenters. The summed E-state index contributed by atoms with van der Waals surface area (Å²) in [4.78, 5) is 4.11. The fourth-order valence-corrected chi connectivity index (χ4v) is 2.51. The van der Waals surface area contributed by atoms with Gasteiger partial charge in [0.15, 0.2) is 11.5 Å². The number of hydrogen-bond acceptors (Lipinski definition) is 4. The Bertz CT molecular complexity index is 815. The molecule has 4 nitrogen and oxygen atoms in total. The topological polar surface area (TPSA) is 57.4 Å². The van der Waals surface area contributed by atoms with Gasteiger partial charge in [-0.15, -0.1) is 0 Å². The number of fused-ring (bicyclic) bond motifs is 2. The van der Waals surface area contributed by atoms with Crippen LogP contribution in [0.15, 0.2) is 48.8 Å². The van der Waals surface area contributed by atoms with Crippen molar-refractivity contribution >= 4 is 16.5 Å². The third kappa shape index (κ3) is 1.58. The predicted octanol–water partition coefficient (Wildman–Crippen LogP) is 3.21. The first-order chi connectivity index (χ1) is 9.83. The fraction of sp³-hybridized carbons (Fsp3) is 0.0625. The molecule has 0 spiro atoms. The number of pyridine rings is 1. The summed E-state index contributed by atoms with van der Waals surface area (Å²) in [5, 5.41) is 2.05. The lowest BCUT2D eigenvalue weighted by molar-refractivity contribution is 0.174. The molecule has 3 aromatic rings. The van der Waals surface area contributed by atoms with Crippen LogP contribution in [-0.4, -0.2) is 11.8 Å². The van der Waals surface area contributed by atoms with Crippen molar-refractivity contribution in [1.82, 2.24) is 4.98 Å². The number of benzene rings is 2. The Morgan fingerprint density at radius 3 is 2.85 bits per heavy atom. The minimum Gasteiger partial charge on any atom is -0.454 e. The summed E-state index contributed by atoms with van der Waals surface area (Å²) in [5.41, 5.74) is 9.06. The molecule has 0 amide bonds. The van der Waals surface area contributed by atoms with Gasteiger partial charge < -0.3 is 15.2 Å². The van der Waals surface area contributed by atoms with Gasteiger partial charge in [-0.1, -0.05) is 18.2 Å². The third-order valence-corrected chi connectivity index (χ3v) is 3.55. The van der Waals surface area contributed by atoms with Crippen LogP contribution >= 0.6 is 0 Å². The molecule has 20 heavy (non-hydrogen) atoms. The summed E-state index contributed by atoms with van der Waals surface area (Å²) in [6.07, 6.45) is 3.57. The molecule has 98 valence electrons. The van der Waals surface area contributed by atoms with E-state index in [1.807, 2.05) is 42.6 Å². The first-order valence-electron chi connectivity index (χ1n) is 6.35. The molecule has 1 aliphatic heterocycles. The molecule has 0 fully saturated rings. The Morgan fingerprint density at radius 1 is 1.00 bits per heavy atom. The number of anilines is 1. The molecular formula is C16H12N2O2. The van der Waals surface area contributed by atoms with E-state index in [0.717, 1.165) is 39.1 Å². The second-order valence-electron chi connectivity index (χ2n) is 4.69. The highest BCUT2D eigenvalue weighted by Crippen LogP contribution is 2.39. The van der Waals surface area contributed by atoms with Crippen molar-refractivity contribution in [2.45, 2.75) is 0 Å². The normalized spacial score (nSPS) is 12.8. The zero-order chi connectivity index (χ0) is 13.5. The smallest absolute Gasteiger partial charge is 0.231 e. The summed E-state index contributed by atoms with van der Waals surface area (Å²) in [6.45, 7) is 0.275. The minimum absolute atomic E-state index is 0.275. The number of ether oxygens (including phenoxy) is 2. The van der Waals surface area contributed by atoms with Crippen LogP contribution in [0.2, 0.25) is 0 Å². The van der Waals surface area contributed by atoms with E-state index in [2.05, 4.69) is 4.98 Å². The van der Waals surface area contributed by atoms with Crippen LogP contribution in [0.1, 0.15) is 0 Å². The van der Waals surface area contributed by atoms with Crippen LogP contribution in [-0.2, 0) is 0 Å². The van der Waals surface area contributed by atoms with Gasteiger partial charge in [0, 0.05) is 34.4 Å². The van der Waals surface area contributed by atoms with Gasteiger partial charge in [0.05, 0.1) is 0 Å². The zero-order valence-corrected chi connectivity index (χ0v) is 10.7. The molecule has 0 radical (unpaired) electrons. The standard InChI is InChI=1S/C16H12N2O2/c17-16-12(3-1-11-8-18-6-5-13(11)16)10-2-4-14-15(7-10)20-9-19-14/h1-8H,9,17H2. The van der Waals surface area contributed by atoms with Gasteiger partial charge in [0.25, 0.3) is 0 Å². The van der Waals surface area contributed by atoms with Crippen LogP contribution in [0, 0.1) is 0 Å². The molecule has 0 unspecified atom stereocenters. The number of hydrogen-bond donors (Lipinski definition) is 1. The quantitative estimate of drug-likeness (QED) is 0.686. The van der Waals surface area contributed by atoms with E-state index in [0.29, 0.717) is 0 Å². The number of aromatic nitrogens is 1. The third-order valence-electron chi connectivity index (χ3n) is 3.55. The maximum absolute atomic E-state index is 6.30. The van der Waals surface area contributed by atoms with Crippen molar-refractivity contribution in [3.63, 3.8) is 0 Å². The van der Waals surface area contributed by atoms with Crippen LogP contribution in [0.5, 0.6) is 11.5 Å². The van der Waals surface area contributed by atoms with E-state index in [4.69, 9.17) is 15.2 Å². The molecule has 0 bridgehead atoms. The molecule has 4 heteroatoms. The Morgan fingerprint density at radius 2 is 1.90 bits per heavy atom. The maximum atomic E-state index is 6.30. The van der Waals surface area contributed by atoms with E-state index < -0.39 is 0 Å². The second kappa shape index (κ2) is 4.13. The summed E-state index contributed by atoms with van der Waals surface area (Å²) >= 11 is 0.